The fourth-order valence-electron chi connectivity index (χ4n) is 2.34. The van der Waals surface area contributed by atoms with Gasteiger partial charge in [-0.1, -0.05) is 6.07 Å². The number of hydrogen-bond acceptors (Lipinski definition) is 3. The van der Waals surface area contributed by atoms with E-state index in [0.717, 1.165) is 25.7 Å². The van der Waals surface area contributed by atoms with Crippen molar-refractivity contribution in [3.8, 4) is 0 Å². The molecule has 0 aromatic carbocycles. The number of carbonyl (C=O) groups is 1. The van der Waals surface area contributed by atoms with Gasteiger partial charge in [-0.25, -0.2) is 0 Å². The number of hydrogen-bond donors (Lipinski definition) is 1. The molecule has 1 atom stereocenters. The topological polar surface area (TPSA) is 46.3 Å². The quantitative estimate of drug-likeness (QED) is 0.909. The van der Waals surface area contributed by atoms with Crippen LogP contribution in [-0.2, 0) is 11.2 Å². The minimum atomic E-state index is -0.214. The summed E-state index contributed by atoms with van der Waals surface area (Å²) in [6.45, 7) is 2.10. The van der Waals surface area contributed by atoms with Crippen LogP contribution >= 0.6 is 23.7 Å². The Balaban J connectivity index is 0.00000180. The van der Waals surface area contributed by atoms with Crippen LogP contribution in [0.1, 0.15) is 37.5 Å². The number of thiophene rings is 1. The molecule has 1 heterocycles. The zero-order chi connectivity index (χ0) is 13.2. The molecular weight excluding hydrogens is 280 g/mol. The molecule has 1 aromatic rings. The van der Waals surface area contributed by atoms with Gasteiger partial charge >= 0.3 is 0 Å². The van der Waals surface area contributed by atoms with Crippen LogP contribution in [0.25, 0.3) is 0 Å². The Bertz CT molecular complexity index is 404. The zero-order valence-electron chi connectivity index (χ0n) is 11.6. The molecular formula is C14H23ClN2OS. The van der Waals surface area contributed by atoms with Crippen molar-refractivity contribution in [3.63, 3.8) is 0 Å². The minimum absolute atomic E-state index is 0. The first-order chi connectivity index (χ1) is 8.50. The molecule has 108 valence electrons. The summed E-state index contributed by atoms with van der Waals surface area (Å²) in [4.78, 5) is 15.4. The molecule has 1 aromatic heterocycles. The van der Waals surface area contributed by atoms with Crippen LogP contribution in [0, 0.1) is 0 Å². The molecule has 3 nitrogen and oxygen atoms in total. The highest BCUT2D eigenvalue weighted by Crippen LogP contribution is 2.32. The van der Waals surface area contributed by atoms with Crippen LogP contribution < -0.4 is 5.73 Å². The Kier molecular flexibility index (Phi) is 5.83. The van der Waals surface area contributed by atoms with E-state index in [1.165, 1.54) is 4.88 Å². The summed E-state index contributed by atoms with van der Waals surface area (Å²) in [7, 11) is 1.89. The van der Waals surface area contributed by atoms with E-state index in [-0.39, 0.29) is 29.9 Å². The fourth-order valence-corrected chi connectivity index (χ4v) is 3.16. The van der Waals surface area contributed by atoms with Crippen LogP contribution in [0.15, 0.2) is 17.5 Å². The van der Waals surface area contributed by atoms with Gasteiger partial charge in [0.15, 0.2) is 0 Å². The van der Waals surface area contributed by atoms with Crippen molar-refractivity contribution in [2.45, 2.75) is 50.6 Å². The average molecular weight is 303 g/mol. The molecule has 2 N–H and O–H groups in total. The fraction of sp³-hybridized carbons (Fsp3) is 0.643. The highest BCUT2D eigenvalue weighted by Gasteiger charge is 2.36. The minimum Gasteiger partial charge on any atom is -0.343 e. The summed E-state index contributed by atoms with van der Waals surface area (Å²) in [6.07, 6.45) is 4.58. The Morgan fingerprint density at radius 2 is 2.26 bits per heavy atom. The van der Waals surface area contributed by atoms with Gasteiger partial charge in [0.05, 0.1) is 0 Å². The number of nitrogens with two attached hydrogens (primary N) is 1. The van der Waals surface area contributed by atoms with Crippen LogP contribution in [0.2, 0.25) is 0 Å². The highest BCUT2D eigenvalue weighted by atomic mass is 35.5. The number of carbonyl (C=O) groups excluding carboxylic acids is 1. The van der Waals surface area contributed by atoms with Crippen molar-refractivity contribution in [3.05, 3.63) is 22.4 Å². The van der Waals surface area contributed by atoms with Gasteiger partial charge in [0.25, 0.3) is 0 Å². The summed E-state index contributed by atoms with van der Waals surface area (Å²) in [5.74, 6) is 0.182. The van der Waals surface area contributed by atoms with E-state index in [1.54, 1.807) is 11.3 Å². The lowest BCUT2D eigenvalue weighted by Gasteiger charge is -2.39. The van der Waals surface area contributed by atoms with Crippen molar-refractivity contribution in [2.75, 3.05) is 7.05 Å². The van der Waals surface area contributed by atoms with Crippen molar-refractivity contribution < 1.29 is 4.79 Å². The van der Waals surface area contributed by atoms with E-state index in [1.807, 2.05) is 11.9 Å². The van der Waals surface area contributed by atoms with E-state index < -0.39 is 0 Å². The normalized spacial score (nSPS) is 18.1. The second-order valence-corrected chi connectivity index (χ2v) is 6.56. The SMILES string of the molecule is CC(Cc1cccs1)N(C)C(=O)CC1(N)CCC1.Cl. The van der Waals surface area contributed by atoms with Crippen molar-refractivity contribution in [1.82, 2.24) is 4.90 Å². The first-order valence-electron chi connectivity index (χ1n) is 6.57. The first kappa shape index (κ1) is 16.5. The maximum atomic E-state index is 12.2. The molecule has 5 heteroatoms. The maximum Gasteiger partial charge on any atom is 0.224 e. The Labute approximate surface area is 125 Å². The van der Waals surface area contributed by atoms with E-state index in [0.29, 0.717) is 6.42 Å². The lowest BCUT2D eigenvalue weighted by atomic mass is 9.75. The van der Waals surface area contributed by atoms with Crippen molar-refractivity contribution >= 4 is 29.7 Å². The van der Waals surface area contributed by atoms with Gasteiger partial charge in [0.1, 0.15) is 0 Å². The molecule has 0 spiro atoms. The Morgan fingerprint density at radius 3 is 2.74 bits per heavy atom. The van der Waals surface area contributed by atoms with Crippen LogP contribution in [0.4, 0.5) is 0 Å². The number of amides is 1. The monoisotopic (exact) mass is 302 g/mol. The number of likely N-dealkylation sites (N-methyl/N-ethyl adjacent to an activating group) is 1. The van der Waals surface area contributed by atoms with Crippen molar-refractivity contribution in [1.29, 1.82) is 0 Å². The molecule has 0 aliphatic heterocycles. The first-order valence-corrected chi connectivity index (χ1v) is 7.45. The van der Waals surface area contributed by atoms with Gasteiger partial charge < -0.3 is 10.6 Å². The molecule has 0 saturated heterocycles. The van der Waals surface area contributed by atoms with Gasteiger partial charge in [-0.2, -0.15) is 0 Å². The Morgan fingerprint density at radius 1 is 1.58 bits per heavy atom. The lowest BCUT2D eigenvalue weighted by molar-refractivity contribution is -0.133. The smallest absolute Gasteiger partial charge is 0.224 e. The second kappa shape index (κ2) is 6.73. The lowest BCUT2D eigenvalue weighted by Crippen LogP contribution is -2.51. The summed E-state index contributed by atoms with van der Waals surface area (Å²) in [6, 6.07) is 4.41. The highest BCUT2D eigenvalue weighted by molar-refractivity contribution is 7.09. The molecule has 1 amide bonds. The molecule has 19 heavy (non-hydrogen) atoms. The van der Waals surface area contributed by atoms with Gasteiger partial charge in [-0.3, -0.25) is 4.79 Å². The van der Waals surface area contributed by atoms with Crippen LogP contribution in [0.3, 0.4) is 0 Å². The van der Waals surface area contributed by atoms with E-state index >= 15 is 0 Å². The van der Waals surface area contributed by atoms with Crippen molar-refractivity contribution in [2.24, 2.45) is 5.73 Å². The number of halogens is 1. The molecule has 1 fully saturated rings. The maximum absolute atomic E-state index is 12.2. The van der Waals surface area contributed by atoms with Crippen LogP contribution in [-0.4, -0.2) is 29.4 Å². The summed E-state index contributed by atoms with van der Waals surface area (Å²) in [5, 5.41) is 2.08. The molecule has 1 aliphatic rings. The number of nitrogens with zero attached hydrogens (tertiary/aromatic N) is 1. The molecule has 1 saturated carbocycles. The Hall–Kier alpha value is -0.580. The third-order valence-corrected chi connectivity index (χ3v) is 4.88. The second-order valence-electron chi connectivity index (χ2n) is 5.53. The average Bonchev–Trinajstić information content (AvgIpc) is 2.78. The third-order valence-electron chi connectivity index (χ3n) is 3.98. The predicted octanol–water partition coefficient (Wildman–Crippen LogP) is 2.83. The molecule has 0 radical (unpaired) electrons. The standard InChI is InChI=1S/C14H22N2OS.ClH/c1-11(9-12-5-3-8-18-12)16(2)13(17)10-14(15)6-4-7-14;/h3,5,8,11H,4,6-7,9-10,15H2,1-2H3;1H. The summed E-state index contributed by atoms with van der Waals surface area (Å²) in [5.41, 5.74) is 5.92. The molecule has 2 rings (SSSR count). The predicted molar refractivity (Wildman–Crippen MR) is 82.9 cm³/mol. The summed E-state index contributed by atoms with van der Waals surface area (Å²) < 4.78 is 0. The van der Waals surface area contributed by atoms with E-state index in [2.05, 4.69) is 24.4 Å². The van der Waals surface area contributed by atoms with Gasteiger partial charge in [-0.05, 0) is 37.6 Å². The van der Waals surface area contributed by atoms with Gasteiger partial charge in [0.2, 0.25) is 5.91 Å². The summed E-state index contributed by atoms with van der Waals surface area (Å²) >= 11 is 1.75. The van der Waals surface area contributed by atoms with Gasteiger partial charge in [-0.15, -0.1) is 23.7 Å². The molecule has 0 bridgehead atoms. The molecule has 1 unspecified atom stereocenters. The largest absolute Gasteiger partial charge is 0.343 e. The van der Waals surface area contributed by atoms with E-state index in [9.17, 15) is 4.79 Å². The van der Waals surface area contributed by atoms with E-state index in [4.69, 9.17) is 5.73 Å². The molecule has 1 aliphatic carbocycles. The van der Waals surface area contributed by atoms with Crippen LogP contribution in [0.5, 0.6) is 0 Å². The third kappa shape index (κ3) is 4.20. The van der Waals surface area contributed by atoms with Gasteiger partial charge in [0, 0.05) is 36.3 Å². The number of rotatable bonds is 5. The zero-order valence-corrected chi connectivity index (χ0v) is 13.2.